The molecule has 4 nitrogen and oxygen atoms in total. The molecule has 1 aliphatic rings. The van der Waals surface area contributed by atoms with E-state index >= 15 is 0 Å². The summed E-state index contributed by atoms with van der Waals surface area (Å²) in [6.45, 7) is 0. The number of nitrogens with one attached hydrogen (secondary N) is 2. The van der Waals surface area contributed by atoms with Crippen LogP contribution in [0.1, 0.15) is 28.0 Å². The number of amides is 1. The van der Waals surface area contributed by atoms with Crippen LogP contribution < -0.4 is 5.32 Å². The van der Waals surface area contributed by atoms with Crippen LogP contribution in [0, 0.1) is 0 Å². The molecular formula is C19H17ClN2O2. The summed E-state index contributed by atoms with van der Waals surface area (Å²) in [7, 11) is 0. The van der Waals surface area contributed by atoms with Gasteiger partial charge in [-0.1, -0.05) is 23.7 Å². The molecule has 4 rings (SSSR count). The normalized spacial score (nSPS) is 16.8. The van der Waals surface area contributed by atoms with Crippen molar-refractivity contribution in [3.8, 4) is 0 Å². The lowest BCUT2D eigenvalue weighted by atomic mass is 9.88. The number of rotatable bonds is 2. The standard InChI is InChI=1S/C19H17ClN2O2/c20-13-5-7-16-12(8-13)9-18(21-16)19(24)22-17-3-1-2-11-4-6-14(23)10-15(11)17/h1-3,5,7-9,14,21,23H,4,6,10H2,(H,22,24)/t14-/m0/s1. The molecule has 0 saturated carbocycles. The smallest absolute Gasteiger partial charge is 0.272 e. The van der Waals surface area contributed by atoms with Crippen LogP contribution in [-0.4, -0.2) is 22.1 Å². The monoisotopic (exact) mass is 340 g/mol. The number of anilines is 1. The average Bonchev–Trinajstić information content (AvgIpc) is 2.98. The highest BCUT2D eigenvalue weighted by atomic mass is 35.5. The second-order valence-electron chi connectivity index (χ2n) is 6.21. The minimum absolute atomic E-state index is 0.198. The molecule has 0 spiro atoms. The Morgan fingerprint density at radius 2 is 2.12 bits per heavy atom. The van der Waals surface area contributed by atoms with Crippen molar-refractivity contribution in [3.05, 3.63) is 64.3 Å². The van der Waals surface area contributed by atoms with Crippen molar-refractivity contribution in [1.29, 1.82) is 0 Å². The molecule has 0 radical (unpaired) electrons. The van der Waals surface area contributed by atoms with E-state index in [1.807, 2.05) is 24.3 Å². The van der Waals surface area contributed by atoms with Gasteiger partial charge in [0.1, 0.15) is 5.69 Å². The van der Waals surface area contributed by atoms with E-state index in [2.05, 4.69) is 16.4 Å². The van der Waals surface area contributed by atoms with Crippen molar-refractivity contribution >= 4 is 34.1 Å². The van der Waals surface area contributed by atoms with Gasteiger partial charge in [-0.2, -0.15) is 0 Å². The van der Waals surface area contributed by atoms with Gasteiger partial charge in [-0.15, -0.1) is 0 Å². The van der Waals surface area contributed by atoms with E-state index in [4.69, 9.17) is 11.6 Å². The number of aryl methyl sites for hydroxylation is 1. The predicted octanol–water partition coefficient (Wildman–Crippen LogP) is 3.92. The molecule has 3 N–H and O–H groups in total. The van der Waals surface area contributed by atoms with E-state index in [0.717, 1.165) is 35.0 Å². The van der Waals surface area contributed by atoms with Crippen LogP contribution in [-0.2, 0) is 12.8 Å². The number of aromatic amines is 1. The van der Waals surface area contributed by atoms with Crippen LogP contribution in [0.3, 0.4) is 0 Å². The van der Waals surface area contributed by atoms with Crippen molar-refractivity contribution in [2.24, 2.45) is 0 Å². The number of carbonyl (C=O) groups is 1. The topological polar surface area (TPSA) is 65.1 Å². The second kappa shape index (κ2) is 5.96. The second-order valence-corrected chi connectivity index (χ2v) is 6.65. The molecule has 3 aromatic rings. The number of fused-ring (bicyclic) bond motifs is 2. The fourth-order valence-electron chi connectivity index (χ4n) is 3.30. The minimum Gasteiger partial charge on any atom is -0.393 e. The quantitative estimate of drug-likeness (QED) is 0.662. The maximum Gasteiger partial charge on any atom is 0.272 e. The van der Waals surface area contributed by atoms with Crippen LogP contribution in [0.4, 0.5) is 5.69 Å². The molecule has 1 aromatic heterocycles. The molecular weight excluding hydrogens is 324 g/mol. The Kier molecular flexibility index (Phi) is 3.79. The van der Waals surface area contributed by atoms with E-state index in [9.17, 15) is 9.90 Å². The lowest BCUT2D eigenvalue weighted by Gasteiger charge is -2.23. The fourth-order valence-corrected chi connectivity index (χ4v) is 3.48. The summed E-state index contributed by atoms with van der Waals surface area (Å²) in [5.41, 5.74) is 4.36. The predicted molar refractivity (Wildman–Crippen MR) is 95.7 cm³/mol. The number of halogens is 1. The van der Waals surface area contributed by atoms with Crippen LogP contribution in [0.5, 0.6) is 0 Å². The van der Waals surface area contributed by atoms with Gasteiger partial charge in [-0.25, -0.2) is 0 Å². The Hall–Kier alpha value is -2.30. The number of benzene rings is 2. The summed E-state index contributed by atoms with van der Waals surface area (Å²) in [6.07, 6.45) is 1.84. The molecule has 0 saturated heterocycles. The van der Waals surface area contributed by atoms with Crippen LogP contribution >= 0.6 is 11.6 Å². The first kappa shape index (κ1) is 15.2. The van der Waals surface area contributed by atoms with Gasteiger partial charge in [0.05, 0.1) is 6.10 Å². The van der Waals surface area contributed by atoms with Gasteiger partial charge in [0.25, 0.3) is 5.91 Å². The van der Waals surface area contributed by atoms with E-state index in [1.165, 1.54) is 5.56 Å². The summed E-state index contributed by atoms with van der Waals surface area (Å²) in [4.78, 5) is 15.7. The average molecular weight is 341 g/mol. The van der Waals surface area contributed by atoms with E-state index in [-0.39, 0.29) is 12.0 Å². The number of hydrogen-bond donors (Lipinski definition) is 3. The zero-order chi connectivity index (χ0) is 16.7. The Morgan fingerprint density at radius 1 is 1.25 bits per heavy atom. The van der Waals surface area contributed by atoms with Crippen molar-refractivity contribution in [2.45, 2.75) is 25.4 Å². The third kappa shape index (κ3) is 2.79. The Morgan fingerprint density at radius 3 is 3.00 bits per heavy atom. The van der Waals surface area contributed by atoms with Crippen LogP contribution in [0.25, 0.3) is 10.9 Å². The molecule has 5 heteroatoms. The van der Waals surface area contributed by atoms with Gasteiger partial charge in [0, 0.05) is 28.0 Å². The molecule has 1 heterocycles. The first-order chi connectivity index (χ1) is 11.6. The number of hydrogen-bond acceptors (Lipinski definition) is 2. The zero-order valence-electron chi connectivity index (χ0n) is 13.0. The van der Waals surface area contributed by atoms with Crippen molar-refractivity contribution in [2.75, 3.05) is 5.32 Å². The summed E-state index contributed by atoms with van der Waals surface area (Å²) < 4.78 is 0. The Balaban J connectivity index is 1.64. The third-order valence-electron chi connectivity index (χ3n) is 4.54. The molecule has 1 aliphatic carbocycles. The number of H-pyrrole nitrogens is 1. The van der Waals surface area contributed by atoms with Crippen molar-refractivity contribution in [1.82, 2.24) is 4.98 Å². The lowest BCUT2D eigenvalue weighted by molar-refractivity contribution is 0.102. The molecule has 1 atom stereocenters. The molecule has 0 aliphatic heterocycles. The highest BCUT2D eigenvalue weighted by molar-refractivity contribution is 6.31. The largest absolute Gasteiger partial charge is 0.393 e. The molecule has 122 valence electrons. The Labute approximate surface area is 144 Å². The molecule has 24 heavy (non-hydrogen) atoms. The van der Waals surface area contributed by atoms with Gasteiger partial charge in [-0.05, 0) is 54.3 Å². The van der Waals surface area contributed by atoms with Gasteiger partial charge in [-0.3, -0.25) is 4.79 Å². The SMILES string of the molecule is O=C(Nc1cccc2c1C[C@@H](O)CC2)c1cc2cc(Cl)ccc2[nH]1. The number of aromatic nitrogens is 1. The molecule has 1 amide bonds. The van der Waals surface area contributed by atoms with Gasteiger partial charge < -0.3 is 15.4 Å². The summed E-state index contributed by atoms with van der Waals surface area (Å²) >= 11 is 5.99. The fraction of sp³-hybridized carbons (Fsp3) is 0.211. The van der Waals surface area contributed by atoms with Crippen molar-refractivity contribution < 1.29 is 9.90 Å². The highest BCUT2D eigenvalue weighted by Gasteiger charge is 2.20. The molecule has 0 bridgehead atoms. The lowest BCUT2D eigenvalue weighted by Crippen LogP contribution is -2.21. The van der Waals surface area contributed by atoms with E-state index in [0.29, 0.717) is 17.1 Å². The van der Waals surface area contributed by atoms with Crippen LogP contribution in [0.15, 0.2) is 42.5 Å². The molecule has 0 unspecified atom stereocenters. The zero-order valence-corrected chi connectivity index (χ0v) is 13.7. The third-order valence-corrected chi connectivity index (χ3v) is 4.77. The number of carbonyl (C=O) groups excluding carboxylic acids is 1. The maximum absolute atomic E-state index is 12.6. The molecule has 0 fully saturated rings. The maximum atomic E-state index is 12.6. The number of aliphatic hydroxyl groups excluding tert-OH is 1. The van der Waals surface area contributed by atoms with Gasteiger partial charge in [0.2, 0.25) is 0 Å². The first-order valence-electron chi connectivity index (χ1n) is 7.98. The summed E-state index contributed by atoms with van der Waals surface area (Å²) in [5, 5.41) is 14.4. The van der Waals surface area contributed by atoms with Gasteiger partial charge >= 0.3 is 0 Å². The Bertz CT molecular complexity index is 932. The number of aliphatic hydroxyl groups is 1. The van der Waals surface area contributed by atoms with Crippen molar-refractivity contribution in [3.63, 3.8) is 0 Å². The highest BCUT2D eigenvalue weighted by Crippen LogP contribution is 2.29. The van der Waals surface area contributed by atoms with Crippen LogP contribution in [0.2, 0.25) is 5.02 Å². The minimum atomic E-state index is -0.342. The van der Waals surface area contributed by atoms with Gasteiger partial charge in [0.15, 0.2) is 0 Å². The molecule has 2 aromatic carbocycles. The first-order valence-corrected chi connectivity index (χ1v) is 8.36. The summed E-state index contributed by atoms with van der Waals surface area (Å²) in [5.74, 6) is -0.198. The van der Waals surface area contributed by atoms with E-state index < -0.39 is 0 Å². The summed E-state index contributed by atoms with van der Waals surface area (Å²) in [6, 6.07) is 13.1. The van der Waals surface area contributed by atoms with E-state index in [1.54, 1.807) is 12.1 Å².